The summed E-state index contributed by atoms with van der Waals surface area (Å²) in [6, 6.07) is 5.49. The summed E-state index contributed by atoms with van der Waals surface area (Å²) >= 11 is 0. The van der Waals surface area contributed by atoms with E-state index < -0.39 is 0 Å². The quantitative estimate of drug-likeness (QED) is 0.819. The number of nitrogens with two attached hydrogens (primary N) is 1. The lowest BCUT2D eigenvalue weighted by Crippen LogP contribution is -2.05. The number of rotatable bonds is 6. The fraction of sp³-hybridized carbons (Fsp3) is 0.500. The molecule has 1 aromatic carbocycles. The smallest absolute Gasteiger partial charge is 0.184 e. The Morgan fingerprint density at radius 2 is 2.15 bits per heavy atom. The Bertz CT molecular complexity index is 564. The fourth-order valence-electron chi connectivity index (χ4n) is 2.05. The summed E-state index contributed by atoms with van der Waals surface area (Å²) in [6.45, 7) is 5.21. The largest absolute Gasteiger partial charge is 0.497 e. The summed E-state index contributed by atoms with van der Waals surface area (Å²) in [6.07, 6.45) is 2.19. The molecule has 0 unspecified atom stereocenters. The molecular weight excluding hydrogens is 254 g/mol. The molecule has 2 rings (SSSR count). The van der Waals surface area contributed by atoms with Gasteiger partial charge in [-0.25, -0.2) is 4.68 Å². The normalized spacial score (nSPS) is 11.0. The van der Waals surface area contributed by atoms with Crippen LogP contribution in [0.4, 0.5) is 5.69 Å². The first kappa shape index (κ1) is 14.3. The Labute approximate surface area is 118 Å². The van der Waals surface area contributed by atoms with Gasteiger partial charge >= 0.3 is 0 Å². The average Bonchev–Trinajstić information content (AvgIpc) is 2.87. The lowest BCUT2D eigenvalue weighted by atomic mass is 10.1. The second-order valence-electron chi connectivity index (χ2n) is 5.21. The second kappa shape index (κ2) is 6.36. The molecule has 6 nitrogen and oxygen atoms in total. The summed E-state index contributed by atoms with van der Waals surface area (Å²) in [5.74, 6) is 2.10. The molecule has 1 heterocycles. The molecule has 0 atom stereocenters. The van der Waals surface area contributed by atoms with E-state index in [0.717, 1.165) is 30.7 Å². The van der Waals surface area contributed by atoms with Gasteiger partial charge in [-0.1, -0.05) is 13.8 Å². The Morgan fingerprint density at radius 1 is 1.35 bits per heavy atom. The van der Waals surface area contributed by atoms with Crippen LogP contribution in [0.1, 0.15) is 26.7 Å². The predicted octanol–water partition coefficient (Wildman–Crippen LogP) is 2.37. The van der Waals surface area contributed by atoms with E-state index in [0.29, 0.717) is 17.4 Å². The van der Waals surface area contributed by atoms with E-state index >= 15 is 0 Å². The number of aryl methyl sites for hydroxylation is 1. The number of tetrazole rings is 1. The molecule has 0 bridgehead atoms. The number of hydrogen-bond donors (Lipinski definition) is 1. The first-order valence-electron chi connectivity index (χ1n) is 6.82. The van der Waals surface area contributed by atoms with Crippen molar-refractivity contribution < 1.29 is 4.74 Å². The van der Waals surface area contributed by atoms with Crippen LogP contribution in [-0.4, -0.2) is 27.3 Å². The van der Waals surface area contributed by atoms with E-state index in [-0.39, 0.29) is 0 Å². The van der Waals surface area contributed by atoms with Gasteiger partial charge in [0.15, 0.2) is 5.82 Å². The summed E-state index contributed by atoms with van der Waals surface area (Å²) in [4.78, 5) is 0. The summed E-state index contributed by atoms with van der Waals surface area (Å²) < 4.78 is 7.03. The molecule has 0 radical (unpaired) electrons. The molecular formula is C14H21N5O. The zero-order valence-electron chi connectivity index (χ0n) is 12.2. The maximum absolute atomic E-state index is 6.02. The molecule has 0 aliphatic heterocycles. The first-order chi connectivity index (χ1) is 9.61. The minimum atomic E-state index is 0.644. The summed E-state index contributed by atoms with van der Waals surface area (Å²) in [5.41, 5.74) is 7.47. The maximum atomic E-state index is 6.02. The van der Waals surface area contributed by atoms with Gasteiger partial charge in [0, 0.05) is 17.8 Å². The van der Waals surface area contributed by atoms with Crippen molar-refractivity contribution in [2.24, 2.45) is 5.92 Å². The Balaban J connectivity index is 2.23. The van der Waals surface area contributed by atoms with Crippen LogP contribution in [0.3, 0.4) is 0 Å². The molecule has 108 valence electrons. The van der Waals surface area contributed by atoms with E-state index in [1.165, 1.54) is 0 Å². The van der Waals surface area contributed by atoms with Crippen LogP contribution in [0.15, 0.2) is 18.2 Å². The van der Waals surface area contributed by atoms with Crippen molar-refractivity contribution in [1.82, 2.24) is 20.2 Å². The molecule has 0 fully saturated rings. The van der Waals surface area contributed by atoms with Crippen molar-refractivity contribution in [2.45, 2.75) is 33.2 Å². The average molecular weight is 275 g/mol. The summed E-state index contributed by atoms with van der Waals surface area (Å²) in [5, 5.41) is 11.9. The van der Waals surface area contributed by atoms with Gasteiger partial charge in [-0.15, -0.1) is 5.10 Å². The van der Waals surface area contributed by atoms with Gasteiger partial charge in [0.1, 0.15) is 5.75 Å². The van der Waals surface area contributed by atoms with Crippen LogP contribution in [0.25, 0.3) is 11.4 Å². The molecule has 2 aromatic rings. The number of methoxy groups -OCH3 is 1. The van der Waals surface area contributed by atoms with Gasteiger partial charge in [0.25, 0.3) is 0 Å². The van der Waals surface area contributed by atoms with Gasteiger partial charge in [0.2, 0.25) is 0 Å². The van der Waals surface area contributed by atoms with Crippen molar-refractivity contribution in [2.75, 3.05) is 12.8 Å². The van der Waals surface area contributed by atoms with Crippen molar-refractivity contribution >= 4 is 5.69 Å². The highest BCUT2D eigenvalue weighted by Crippen LogP contribution is 2.28. The number of nitrogen functional groups attached to an aromatic ring is 1. The highest BCUT2D eigenvalue weighted by Gasteiger charge is 2.13. The van der Waals surface area contributed by atoms with Gasteiger partial charge in [-0.3, -0.25) is 0 Å². The van der Waals surface area contributed by atoms with Crippen LogP contribution in [-0.2, 0) is 6.54 Å². The minimum Gasteiger partial charge on any atom is -0.497 e. The van der Waals surface area contributed by atoms with E-state index in [9.17, 15) is 0 Å². The zero-order chi connectivity index (χ0) is 14.5. The molecule has 0 amide bonds. The molecule has 2 N–H and O–H groups in total. The van der Waals surface area contributed by atoms with Crippen molar-refractivity contribution in [1.29, 1.82) is 0 Å². The van der Waals surface area contributed by atoms with Crippen LogP contribution in [0.2, 0.25) is 0 Å². The maximum Gasteiger partial charge on any atom is 0.184 e. The van der Waals surface area contributed by atoms with Crippen molar-refractivity contribution in [3.63, 3.8) is 0 Å². The van der Waals surface area contributed by atoms with E-state index in [1.807, 2.05) is 12.1 Å². The molecule has 6 heteroatoms. The number of aromatic nitrogens is 4. The van der Waals surface area contributed by atoms with Crippen molar-refractivity contribution in [3.05, 3.63) is 18.2 Å². The minimum absolute atomic E-state index is 0.644. The number of benzene rings is 1. The predicted molar refractivity (Wildman–Crippen MR) is 78.3 cm³/mol. The molecule has 0 saturated heterocycles. The van der Waals surface area contributed by atoms with Crippen LogP contribution >= 0.6 is 0 Å². The van der Waals surface area contributed by atoms with Gasteiger partial charge in [-0.2, -0.15) is 0 Å². The van der Waals surface area contributed by atoms with E-state index in [4.69, 9.17) is 10.5 Å². The molecule has 0 spiro atoms. The Hall–Kier alpha value is -2.11. The van der Waals surface area contributed by atoms with Gasteiger partial charge < -0.3 is 10.5 Å². The van der Waals surface area contributed by atoms with Crippen LogP contribution < -0.4 is 10.5 Å². The Morgan fingerprint density at radius 3 is 2.85 bits per heavy atom. The van der Waals surface area contributed by atoms with Gasteiger partial charge in [0.05, 0.1) is 7.11 Å². The molecule has 0 saturated carbocycles. The molecule has 0 aliphatic carbocycles. The zero-order valence-corrected chi connectivity index (χ0v) is 12.2. The third-order valence-corrected chi connectivity index (χ3v) is 3.18. The number of anilines is 1. The first-order valence-corrected chi connectivity index (χ1v) is 6.82. The monoisotopic (exact) mass is 275 g/mol. The number of hydrogen-bond acceptors (Lipinski definition) is 5. The third kappa shape index (κ3) is 3.26. The van der Waals surface area contributed by atoms with Crippen LogP contribution in [0, 0.1) is 5.92 Å². The lowest BCUT2D eigenvalue weighted by Gasteiger charge is -2.09. The lowest BCUT2D eigenvalue weighted by molar-refractivity contribution is 0.415. The highest BCUT2D eigenvalue weighted by molar-refractivity contribution is 5.72. The third-order valence-electron chi connectivity index (χ3n) is 3.18. The Kier molecular flexibility index (Phi) is 4.55. The molecule has 0 aliphatic rings. The van der Waals surface area contributed by atoms with Crippen molar-refractivity contribution in [3.8, 4) is 17.1 Å². The standard InChI is InChI=1S/C14H21N5O/c1-10(2)5-4-8-19-14(16-17-18-19)12-9-11(20-3)6-7-13(12)15/h6-7,9-10H,4-5,8,15H2,1-3H3. The van der Waals surface area contributed by atoms with E-state index in [2.05, 4.69) is 29.4 Å². The van der Waals surface area contributed by atoms with E-state index in [1.54, 1.807) is 17.9 Å². The highest BCUT2D eigenvalue weighted by atomic mass is 16.5. The summed E-state index contributed by atoms with van der Waals surface area (Å²) in [7, 11) is 1.63. The molecule has 1 aromatic heterocycles. The SMILES string of the molecule is COc1ccc(N)c(-c2nnnn2CCCC(C)C)c1. The second-order valence-corrected chi connectivity index (χ2v) is 5.21. The number of ether oxygens (including phenoxy) is 1. The fourth-order valence-corrected chi connectivity index (χ4v) is 2.05. The topological polar surface area (TPSA) is 78.8 Å². The van der Waals surface area contributed by atoms with Crippen LogP contribution in [0.5, 0.6) is 5.75 Å². The van der Waals surface area contributed by atoms with Gasteiger partial charge in [-0.05, 0) is 47.4 Å². The number of nitrogens with zero attached hydrogens (tertiary/aromatic N) is 4. The molecule has 20 heavy (non-hydrogen) atoms.